The zero-order valence-corrected chi connectivity index (χ0v) is 14.0. The lowest BCUT2D eigenvalue weighted by Gasteiger charge is -2.15. The van der Waals surface area contributed by atoms with Crippen molar-refractivity contribution in [3.8, 4) is 22.3 Å². The summed E-state index contributed by atoms with van der Waals surface area (Å²) in [5.41, 5.74) is 8.16. The summed E-state index contributed by atoms with van der Waals surface area (Å²) < 4.78 is 0. The average molecular weight is 337 g/mol. The minimum atomic E-state index is -0.293. The van der Waals surface area contributed by atoms with Gasteiger partial charge in [-0.25, -0.2) is 4.90 Å². The van der Waals surface area contributed by atoms with Gasteiger partial charge < -0.3 is 0 Å². The lowest BCUT2D eigenvalue weighted by Crippen LogP contribution is -2.29. The number of hydrogen-bond donors (Lipinski definition) is 0. The van der Waals surface area contributed by atoms with Gasteiger partial charge in [0, 0.05) is 12.2 Å². The summed E-state index contributed by atoms with van der Waals surface area (Å²) in [6.07, 6.45) is 3.53. The maximum atomic E-state index is 11.8. The fourth-order valence-corrected chi connectivity index (χ4v) is 3.87. The number of imide groups is 1. The highest BCUT2D eigenvalue weighted by atomic mass is 16.2. The second-order valence-electron chi connectivity index (χ2n) is 6.56. The van der Waals surface area contributed by atoms with E-state index in [0.717, 1.165) is 12.0 Å². The molecule has 0 saturated carbocycles. The Bertz CT molecular complexity index is 1080. The first-order chi connectivity index (χ1) is 12.7. The molecule has 1 aliphatic carbocycles. The third-order valence-electron chi connectivity index (χ3n) is 5.10. The predicted octanol–water partition coefficient (Wildman–Crippen LogP) is 4.35. The molecule has 1 aliphatic heterocycles. The van der Waals surface area contributed by atoms with Crippen molar-refractivity contribution in [3.05, 3.63) is 90.0 Å². The number of rotatable bonds is 2. The average Bonchev–Trinajstić information content (AvgIpc) is 3.21. The summed E-state index contributed by atoms with van der Waals surface area (Å²) in [4.78, 5) is 24.9. The molecule has 0 spiro atoms. The van der Waals surface area contributed by atoms with E-state index in [-0.39, 0.29) is 11.8 Å². The van der Waals surface area contributed by atoms with Gasteiger partial charge in [0.1, 0.15) is 0 Å². The Kier molecular flexibility index (Phi) is 3.16. The molecule has 2 aliphatic rings. The van der Waals surface area contributed by atoms with Gasteiger partial charge in [0.25, 0.3) is 11.8 Å². The second kappa shape index (κ2) is 5.53. The Morgan fingerprint density at radius 2 is 1.31 bits per heavy atom. The predicted molar refractivity (Wildman–Crippen MR) is 102 cm³/mol. The van der Waals surface area contributed by atoms with E-state index in [9.17, 15) is 9.59 Å². The van der Waals surface area contributed by atoms with Crippen molar-refractivity contribution in [3.63, 3.8) is 0 Å². The highest BCUT2D eigenvalue weighted by Crippen LogP contribution is 2.41. The van der Waals surface area contributed by atoms with E-state index in [0.29, 0.717) is 5.69 Å². The van der Waals surface area contributed by atoms with Gasteiger partial charge in [-0.05, 0) is 51.9 Å². The van der Waals surface area contributed by atoms with E-state index in [1.54, 1.807) is 0 Å². The van der Waals surface area contributed by atoms with Crippen molar-refractivity contribution in [2.75, 3.05) is 4.90 Å². The van der Waals surface area contributed by atoms with Crippen molar-refractivity contribution in [2.45, 2.75) is 6.42 Å². The smallest absolute Gasteiger partial charge is 0.258 e. The van der Waals surface area contributed by atoms with E-state index in [4.69, 9.17) is 0 Å². The minimum Gasteiger partial charge on any atom is -0.269 e. The Balaban J connectivity index is 1.54. The Morgan fingerprint density at radius 3 is 2.08 bits per heavy atom. The van der Waals surface area contributed by atoms with Gasteiger partial charge in [-0.3, -0.25) is 9.59 Å². The van der Waals surface area contributed by atoms with Crippen LogP contribution in [0.25, 0.3) is 22.3 Å². The standard InChI is InChI=1S/C23H15NO2/c25-22-12-13-23(26)24(22)17-10-8-15(9-11-17)18-6-3-7-20-19-5-2-1-4-16(19)14-21(18)20/h1-13H,14H2. The number of benzene rings is 3. The van der Waals surface area contributed by atoms with Crippen LogP contribution in [0.2, 0.25) is 0 Å². The molecule has 3 aromatic rings. The number of fused-ring (bicyclic) bond motifs is 3. The molecule has 5 rings (SSSR count). The Morgan fingerprint density at radius 1 is 0.654 bits per heavy atom. The van der Waals surface area contributed by atoms with Gasteiger partial charge in [0.05, 0.1) is 5.69 Å². The highest BCUT2D eigenvalue weighted by molar-refractivity contribution is 6.28. The van der Waals surface area contributed by atoms with Crippen LogP contribution in [0.5, 0.6) is 0 Å². The zero-order chi connectivity index (χ0) is 17.7. The van der Waals surface area contributed by atoms with Gasteiger partial charge in [-0.2, -0.15) is 0 Å². The molecular formula is C23H15NO2. The number of carbonyl (C=O) groups excluding carboxylic acids is 2. The van der Waals surface area contributed by atoms with Gasteiger partial charge in [0.2, 0.25) is 0 Å². The van der Waals surface area contributed by atoms with E-state index in [2.05, 4.69) is 42.5 Å². The number of nitrogens with zero attached hydrogens (tertiary/aromatic N) is 1. The summed E-state index contributed by atoms with van der Waals surface area (Å²) in [6, 6.07) is 22.5. The largest absolute Gasteiger partial charge is 0.269 e. The number of anilines is 1. The lowest BCUT2D eigenvalue weighted by atomic mass is 9.95. The maximum Gasteiger partial charge on any atom is 0.258 e. The molecule has 3 heteroatoms. The number of hydrogen-bond acceptors (Lipinski definition) is 2. The van der Waals surface area contributed by atoms with Crippen LogP contribution in [0.4, 0.5) is 5.69 Å². The minimum absolute atomic E-state index is 0.293. The van der Waals surface area contributed by atoms with Crippen LogP contribution in [-0.4, -0.2) is 11.8 Å². The van der Waals surface area contributed by atoms with Crippen molar-refractivity contribution >= 4 is 17.5 Å². The monoisotopic (exact) mass is 337 g/mol. The molecule has 0 fully saturated rings. The molecule has 0 unspecified atom stereocenters. The first-order valence-electron chi connectivity index (χ1n) is 8.59. The summed E-state index contributed by atoms with van der Waals surface area (Å²) >= 11 is 0. The fraction of sp³-hybridized carbons (Fsp3) is 0.0435. The molecule has 2 amide bonds. The van der Waals surface area contributed by atoms with Crippen molar-refractivity contribution in [1.29, 1.82) is 0 Å². The number of carbonyl (C=O) groups is 2. The van der Waals surface area contributed by atoms with E-state index in [1.165, 1.54) is 44.9 Å². The molecule has 1 heterocycles. The lowest BCUT2D eigenvalue weighted by molar-refractivity contribution is -0.119. The molecule has 0 radical (unpaired) electrons. The molecule has 0 aromatic heterocycles. The highest BCUT2D eigenvalue weighted by Gasteiger charge is 2.25. The molecule has 0 saturated heterocycles. The fourth-order valence-electron chi connectivity index (χ4n) is 3.87. The molecule has 124 valence electrons. The summed E-state index contributed by atoms with van der Waals surface area (Å²) in [7, 11) is 0. The molecule has 0 atom stereocenters. The molecular weight excluding hydrogens is 322 g/mol. The Labute approximate surface area is 151 Å². The zero-order valence-electron chi connectivity index (χ0n) is 14.0. The third-order valence-corrected chi connectivity index (χ3v) is 5.10. The van der Waals surface area contributed by atoms with Crippen molar-refractivity contribution in [1.82, 2.24) is 0 Å². The van der Waals surface area contributed by atoms with Crippen LogP contribution in [0, 0.1) is 0 Å². The first-order valence-corrected chi connectivity index (χ1v) is 8.59. The Hall–Kier alpha value is -3.46. The molecule has 26 heavy (non-hydrogen) atoms. The van der Waals surface area contributed by atoms with Crippen LogP contribution in [0.3, 0.4) is 0 Å². The van der Waals surface area contributed by atoms with Crippen LogP contribution < -0.4 is 4.90 Å². The molecule has 3 aromatic carbocycles. The van der Waals surface area contributed by atoms with Crippen LogP contribution >= 0.6 is 0 Å². The molecule has 0 bridgehead atoms. The van der Waals surface area contributed by atoms with E-state index in [1.807, 2.05) is 24.3 Å². The van der Waals surface area contributed by atoms with Gasteiger partial charge in [-0.1, -0.05) is 54.6 Å². The molecule has 0 N–H and O–H groups in total. The summed E-state index contributed by atoms with van der Waals surface area (Å²) in [6.45, 7) is 0. The van der Waals surface area contributed by atoms with Crippen molar-refractivity contribution < 1.29 is 9.59 Å². The van der Waals surface area contributed by atoms with Gasteiger partial charge >= 0.3 is 0 Å². The van der Waals surface area contributed by atoms with Crippen molar-refractivity contribution in [2.24, 2.45) is 0 Å². The number of amides is 2. The molecule has 3 nitrogen and oxygen atoms in total. The van der Waals surface area contributed by atoms with Gasteiger partial charge in [-0.15, -0.1) is 0 Å². The normalized spacial score (nSPS) is 14.7. The van der Waals surface area contributed by atoms with Crippen LogP contribution in [0.15, 0.2) is 78.9 Å². The SMILES string of the molecule is O=C1C=CC(=O)N1c1ccc(-c2cccc3c2Cc2ccccc2-3)cc1. The topological polar surface area (TPSA) is 37.4 Å². The summed E-state index contributed by atoms with van der Waals surface area (Å²) in [5.74, 6) is -0.586. The third kappa shape index (κ3) is 2.14. The van der Waals surface area contributed by atoms with E-state index < -0.39 is 0 Å². The summed E-state index contributed by atoms with van der Waals surface area (Å²) in [5, 5.41) is 0. The van der Waals surface area contributed by atoms with E-state index >= 15 is 0 Å². The second-order valence-corrected chi connectivity index (χ2v) is 6.56. The quantitative estimate of drug-likeness (QED) is 0.510. The van der Waals surface area contributed by atoms with Gasteiger partial charge in [0.15, 0.2) is 0 Å². The van der Waals surface area contributed by atoms with Crippen LogP contribution in [-0.2, 0) is 16.0 Å². The van der Waals surface area contributed by atoms with Crippen LogP contribution in [0.1, 0.15) is 11.1 Å². The maximum absolute atomic E-state index is 11.8. The first kappa shape index (κ1) is 14.8.